The van der Waals surface area contributed by atoms with Crippen molar-refractivity contribution in [3.05, 3.63) is 67.3 Å². The largest absolute Gasteiger partial charge is 0.492 e. The third-order valence-corrected chi connectivity index (χ3v) is 6.99. The van der Waals surface area contributed by atoms with Gasteiger partial charge in [0.2, 0.25) is 0 Å². The van der Waals surface area contributed by atoms with Crippen molar-refractivity contribution in [3.8, 4) is 39.5 Å². The Bertz CT molecular complexity index is 1780. The molecule has 10 nitrogen and oxygen atoms in total. The Morgan fingerprint density at radius 1 is 0.923 bits per heavy atom. The molecule has 11 heteroatoms. The third kappa shape index (κ3) is 4.57. The molecule has 1 fully saturated rings. The van der Waals surface area contributed by atoms with Gasteiger partial charge in [-0.15, -0.1) is 0 Å². The van der Waals surface area contributed by atoms with Gasteiger partial charge in [0.25, 0.3) is 0 Å². The summed E-state index contributed by atoms with van der Waals surface area (Å²) in [6.45, 7) is 3.54. The molecule has 0 saturated carbocycles. The number of hydrogen-bond donors (Lipinski definition) is 2. The van der Waals surface area contributed by atoms with E-state index in [1.807, 2.05) is 18.2 Å². The molecule has 6 heterocycles. The van der Waals surface area contributed by atoms with Crippen LogP contribution in [0.3, 0.4) is 0 Å². The second-order valence-electron chi connectivity index (χ2n) is 9.54. The van der Waals surface area contributed by atoms with Crippen molar-refractivity contribution >= 4 is 22.2 Å². The van der Waals surface area contributed by atoms with Crippen molar-refractivity contribution in [2.75, 3.05) is 26.2 Å². The summed E-state index contributed by atoms with van der Waals surface area (Å²) in [5.41, 5.74) is 5.57. The van der Waals surface area contributed by atoms with Crippen LogP contribution in [0.1, 0.15) is 12.8 Å². The molecule has 0 aliphatic carbocycles. The summed E-state index contributed by atoms with van der Waals surface area (Å²) in [7, 11) is 0. The average Bonchev–Trinajstić information content (AvgIpc) is 3.72. The highest BCUT2D eigenvalue weighted by Crippen LogP contribution is 2.33. The number of ether oxygens (including phenoxy) is 1. The fraction of sp³-hybridized carbons (Fsp3) is 0.214. The molecule has 2 N–H and O–H groups in total. The quantitative estimate of drug-likeness (QED) is 0.312. The number of aromatic nitrogens is 8. The van der Waals surface area contributed by atoms with Crippen LogP contribution >= 0.6 is 0 Å². The van der Waals surface area contributed by atoms with Crippen LogP contribution in [0.2, 0.25) is 0 Å². The van der Waals surface area contributed by atoms with Gasteiger partial charge >= 0.3 is 0 Å². The highest BCUT2D eigenvalue weighted by Gasteiger charge is 2.18. The number of rotatable bonds is 7. The van der Waals surface area contributed by atoms with Crippen LogP contribution in [0.25, 0.3) is 56.0 Å². The number of imidazole rings is 1. The number of benzene rings is 1. The molecule has 1 aromatic carbocycles. The van der Waals surface area contributed by atoms with Crippen LogP contribution in [0.15, 0.2) is 61.4 Å². The average molecular weight is 522 g/mol. The van der Waals surface area contributed by atoms with Crippen molar-refractivity contribution in [1.29, 1.82) is 0 Å². The normalized spacial score (nSPS) is 14.0. The van der Waals surface area contributed by atoms with Gasteiger partial charge in [-0.1, -0.05) is 0 Å². The molecule has 0 atom stereocenters. The summed E-state index contributed by atoms with van der Waals surface area (Å²) in [5, 5.41) is 8.18. The number of halogens is 1. The molecule has 5 aromatic heterocycles. The first kappa shape index (κ1) is 23.4. The summed E-state index contributed by atoms with van der Waals surface area (Å²) < 4.78 is 20.6. The Balaban J connectivity index is 1.23. The summed E-state index contributed by atoms with van der Waals surface area (Å²) in [5.74, 6) is 0.683. The van der Waals surface area contributed by atoms with E-state index in [0.717, 1.165) is 41.7 Å². The minimum absolute atomic E-state index is 0.364. The summed E-state index contributed by atoms with van der Waals surface area (Å²) in [6, 6.07) is 8.58. The van der Waals surface area contributed by atoms with Gasteiger partial charge in [0.15, 0.2) is 17.1 Å². The Hall–Kier alpha value is -4.77. The van der Waals surface area contributed by atoms with E-state index in [0.29, 0.717) is 46.2 Å². The number of nitrogens with one attached hydrogen (secondary N) is 2. The fourth-order valence-corrected chi connectivity index (χ4v) is 5.06. The smallest absolute Gasteiger partial charge is 0.181 e. The minimum Gasteiger partial charge on any atom is -0.492 e. The lowest BCUT2D eigenvalue weighted by Gasteiger charge is -2.15. The molecule has 1 saturated heterocycles. The highest BCUT2D eigenvalue weighted by atomic mass is 19.1. The van der Waals surface area contributed by atoms with Crippen molar-refractivity contribution < 1.29 is 9.13 Å². The summed E-state index contributed by atoms with van der Waals surface area (Å²) in [4.78, 5) is 27.6. The molecule has 39 heavy (non-hydrogen) atoms. The molecule has 0 unspecified atom stereocenters. The van der Waals surface area contributed by atoms with Gasteiger partial charge in [0, 0.05) is 54.1 Å². The molecular weight excluding hydrogens is 497 g/mol. The van der Waals surface area contributed by atoms with Gasteiger partial charge in [0.1, 0.15) is 30.2 Å². The van der Waals surface area contributed by atoms with Gasteiger partial charge in [-0.05, 0) is 55.8 Å². The van der Waals surface area contributed by atoms with Crippen LogP contribution in [0.4, 0.5) is 4.39 Å². The van der Waals surface area contributed by atoms with Crippen molar-refractivity contribution in [2.45, 2.75) is 12.8 Å². The van der Waals surface area contributed by atoms with Crippen LogP contribution in [-0.2, 0) is 0 Å². The molecule has 1 aliphatic rings. The number of pyridine rings is 2. The lowest BCUT2D eigenvalue weighted by molar-refractivity contribution is 0.237. The van der Waals surface area contributed by atoms with Crippen molar-refractivity contribution in [1.82, 2.24) is 45.0 Å². The zero-order valence-electron chi connectivity index (χ0n) is 20.9. The van der Waals surface area contributed by atoms with E-state index in [9.17, 15) is 4.39 Å². The van der Waals surface area contributed by atoms with Crippen molar-refractivity contribution in [2.24, 2.45) is 0 Å². The Kier molecular flexibility index (Phi) is 5.89. The van der Waals surface area contributed by atoms with E-state index in [2.05, 4.69) is 40.0 Å². The van der Waals surface area contributed by atoms with Crippen LogP contribution < -0.4 is 4.74 Å². The lowest BCUT2D eigenvalue weighted by atomic mass is 10.1. The molecule has 6 aromatic rings. The summed E-state index contributed by atoms with van der Waals surface area (Å²) in [6.07, 6.45) is 10.8. The summed E-state index contributed by atoms with van der Waals surface area (Å²) >= 11 is 0. The van der Waals surface area contributed by atoms with E-state index >= 15 is 0 Å². The van der Waals surface area contributed by atoms with Gasteiger partial charge in [-0.2, -0.15) is 5.10 Å². The monoisotopic (exact) mass is 521 g/mol. The Labute approximate surface area is 222 Å². The van der Waals surface area contributed by atoms with Gasteiger partial charge in [0.05, 0.1) is 10.9 Å². The van der Waals surface area contributed by atoms with E-state index in [4.69, 9.17) is 9.72 Å². The number of nitrogens with zero attached hydrogens (tertiary/aromatic N) is 7. The standard InChI is InChI=1S/C28H24FN9O/c29-20-9-17(10-21(12-20)39-8-7-38-5-1-2-6-38)22-3-4-32-27-24(22)34-28(35-27)25-23-11-18(15-33-26(23)37-36-25)19-13-30-16-31-14-19/h3-4,9-16H,1-2,5-8H2,(H,32,34,35)(H,33,36,37). The lowest BCUT2D eigenvalue weighted by Crippen LogP contribution is -2.25. The fourth-order valence-electron chi connectivity index (χ4n) is 5.06. The molecule has 0 amide bonds. The third-order valence-electron chi connectivity index (χ3n) is 6.99. The number of H-pyrrole nitrogens is 2. The number of aromatic amines is 2. The minimum atomic E-state index is -0.364. The molecule has 194 valence electrons. The first-order chi connectivity index (χ1) is 19.2. The second kappa shape index (κ2) is 9.84. The highest BCUT2D eigenvalue weighted by molar-refractivity contribution is 5.96. The van der Waals surface area contributed by atoms with E-state index < -0.39 is 0 Å². The van der Waals surface area contributed by atoms with Gasteiger partial charge in [-0.3, -0.25) is 10.00 Å². The second-order valence-corrected chi connectivity index (χ2v) is 9.54. The molecule has 1 aliphatic heterocycles. The molecule has 0 radical (unpaired) electrons. The first-order valence-electron chi connectivity index (χ1n) is 12.8. The first-order valence-corrected chi connectivity index (χ1v) is 12.8. The Morgan fingerprint density at radius 3 is 2.67 bits per heavy atom. The van der Waals surface area contributed by atoms with Crippen molar-refractivity contribution in [3.63, 3.8) is 0 Å². The number of fused-ring (bicyclic) bond motifs is 2. The van der Waals surface area contributed by atoms with Crippen LogP contribution in [0, 0.1) is 5.82 Å². The molecule has 0 bridgehead atoms. The van der Waals surface area contributed by atoms with Crippen LogP contribution in [0.5, 0.6) is 5.75 Å². The predicted octanol–water partition coefficient (Wildman–Crippen LogP) is 4.63. The predicted molar refractivity (Wildman–Crippen MR) is 144 cm³/mol. The topological polar surface area (TPSA) is 121 Å². The molecular formula is C28H24FN9O. The SMILES string of the molecule is Fc1cc(OCCN2CCCC2)cc(-c2ccnc3nc(-c4[nH]nc5ncc(-c6cncnc6)cc45)[nH]c23)c1. The maximum Gasteiger partial charge on any atom is 0.181 e. The van der Waals surface area contributed by atoms with E-state index in [-0.39, 0.29) is 5.82 Å². The Morgan fingerprint density at radius 2 is 1.79 bits per heavy atom. The van der Waals surface area contributed by atoms with Gasteiger partial charge in [-0.25, -0.2) is 29.3 Å². The van der Waals surface area contributed by atoms with Gasteiger partial charge < -0.3 is 9.72 Å². The maximum atomic E-state index is 14.7. The van der Waals surface area contributed by atoms with Crippen LogP contribution in [-0.4, -0.2) is 71.2 Å². The molecule has 7 rings (SSSR count). The van der Waals surface area contributed by atoms with E-state index in [1.165, 1.54) is 31.3 Å². The van der Waals surface area contributed by atoms with E-state index in [1.54, 1.807) is 24.8 Å². The number of hydrogen-bond acceptors (Lipinski definition) is 8. The zero-order valence-corrected chi connectivity index (χ0v) is 20.9. The zero-order chi connectivity index (χ0) is 26.2. The molecule has 0 spiro atoms. The number of likely N-dealkylation sites (tertiary alicyclic amines) is 1. The maximum absolute atomic E-state index is 14.7.